The van der Waals surface area contributed by atoms with Crippen molar-refractivity contribution < 1.29 is 5.11 Å². The smallest absolute Gasteiger partial charge is 0.0991 e. The number of nitrogens with one attached hydrogen (secondary N) is 1. The van der Waals surface area contributed by atoms with Gasteiger partial charge in [-0.3, -0.25) is 4.90 Å². The second-order valence-electron chi connectivity index (χ2n) is 7.27. The largest absolute Gasteiger partial charge is 0.391 e. The van der Waals surface area contributed by atoms with Crippen molar-refractivity contribution in [3.8, 4) is 6.07 Å². The van der Waals surface area contributed by atoms with Crippen LogP contribution in [0.15, 0.2) is 30.3 Å². The minimum absolute atomic E-state index is 0.117. The Balaban J connectivity index is 1.37. The summed E-state index contributed by atoms with van der Waals surface area (Å²) in [5.41, 5.74) is 1.83. The topological polar surface area (TPSA) is 59.3 Å². The van der Waals surface area contributed by atoms with Gasteiger partial charge in [-0.15, -0.1) is 0 Å². The molecular formula is C21H29N3O. The van der Waals surface area contributed by atoms with Gasteiger partial charge in [-0.25, -0.2) is 0 Å². The van der Waals surface area contributed by atoms with Crippen molar-refractivity contribution in [3.63, 3.8) is 0 Å². The number of likely N-dealkylation sites (tertiary alicyclic amines) is 1. The molecule has 4 heteroatoms. The second-order valence-corrected chi connectivity index (χ2v) is 7.27. The van der Waals surface area contributed by atoms with Gasteiger partial charge in [-0.2, -0.15) is 5.26 Å². The predicted octanol–water partition coefficient (Wildman–Crippen LogP) is 2.93. The van der Waals surface area contributed by atoms with E-state index in [1.54, 1.807) is 0 Å². The van der Waals surface area contributed by atoms with Crippen molar-refractivity contribution in [1.82, 2.24) is 10.2 Å². The second kappa shape index (κ2) is 9.15. The number of hydrogen-bond donors (Lipinski definition) is 2. The molecule has 25 heavy (non-hydrogen) atoms. The van der Waals surface area contributed by atoms with Crippen molar-refractivity contribution in [2.75, 3.05) is 19.6 Å². The Morgan fingerprint density at radius 2 is 1.84 bits per heavy atom. The average molecular weight is 339 g/mol. The van der Waals surface area contributed by atoms with E-state index in [-0.39, 0.29) is 6.10 Å². The molecule has 1 saturated heterocycles. The maximum absolute atomic E-state index is 10.2. The van der Waals surface area contributed by atoms with E-state index >= 15 is 0 Å². The Kier molecular flexibility index (Phi) is 6.63. The van der Waals surface area contributed by atoms with Crippen LogP contribution in [-0.2, 0) is 0 Å². The van der Waals surface area contributed by atoms with Crippen molar-refractivity contribution >= 4 is 6.08 Å². The molecule has 1 saturated carbocycles. The van der Waals surface area contributed by atoms with Crippen LogP contribution in [0.5, 0.6) is 0 Å². The molecule has 3 rings (SSSR count). The highest BCUT2D eigenvalue weighted by Crippen LogP contribution is 2.25. The fourth-order valence-electron chi connectivity index (χ4n) is 4.05. The molecule has 0 bridgehead atoms. The molecule has 0 aromatic heterocycles. The number of nitrogens with zero attached hydrogens (tertiary/aromatic N) is 2. The summed E-state index contributed by atoms with van der Waals surface area (Å²) in [6.45, 7) is 3.06. The van der Waals surface area contributed by atoms with Gasteiger partial charge < -0.3 is 10.4 Å². The predicted molar refractivity (Wildman–Crippen MR) is 101 cm³/mol. The first-order valence-electron chi connectivity index (χ1n) is 9.58. The van der Waals surface area contributed by atoms with Crippen molar-refractivity contribution in [2.24, 2.45) is 0 Å². The van der Waals surface area contributed by atoms with Crippen LogP contribution in [0.1, 0.15) is 49.7 Å². The van der Waals surface area contributed by atoms with Gasteiger partial charge in [0.05, 0.1) is 17.7 Å². The quantitative estimate of drug-likeness (QED) is 0.866. The van der Waals surface area contributed by atoms with Gasteiger partial charge in [0.15, 0.2) is 0 Å². The van der Waals surface area contributed by atoms with E-state index in [0.29, 0.717) is 17.6 Å². The molecule has 1 aliphatic heterocycles. The molecule has 0 spiro atoms. The fraction of sp³-hybridized carbons (Fsp3) is 0.571. The highest BCUT2D eigenvalue weighted by atomic mass is 16.3. The summed E-state index contributed by atoms with van der Waals surface area (Å²) in [5, 5.41) is 22.6. The monoisotopic (exact) mass is 339 g/mol. The third-order valence-electron chi connectivity index (χ3n) is 5.57. The number of hydrogen-bond acceptors (Lipinski definition) is 4. The first kappa shape index (κ1) is 18.1. The van der Waals surface area contributed by atoms with Gasteiger partial charge in [0.2, 0.25) is 0 Å². The van der Waals surface area contributed by atoms with Gasteiger partial charge in [0.25, 0.3) is 0 Å². The average Bonchev–Trinajstić information content (AvgIpc) is 2.67. The molecular weight excluding hydrogens is 310 g/mol. The summed E-state index contributed by atoms with van der Waals surface area (Å²) < 4.78 is 0. The van der Waals surface area contributed by atoms with Crippen LogP contribution in [-0.4, -0.2) is 47.8 Å². The van der Waals surface area contributed by atoms with Gasteiger partial charge in [0, 0.05) is 31.7 Å². The zero-order valence-electron chi connectivity index (χ0n) is 14.9. The van der Waals surface area contributed by atoms with Crippen LogP contribution in [0.3, 0.4) is 0 Å². The Hall–Kier alpha value is -1.67. The van der Waals surface area contributed by atoms with Gasteiger partial charge in [-0.05, 0) is 43.4 Å². The van der Waals surface area contributed by atoms with Crippen LogP contribution >= 0.6 is 0 Å². The molecule has 0 amide bonds. The number of rotatable bonds is 5. The molecule has 1 aromatic carbocycles. The fourth-order valence-corrected chi connectivity index (χ4v) is 4.05. The highest BCUT2D eigenvalue weighted by Gasteiger charge is 2.31. The van der Waals surface area contributed by atoms with E-state index in [0.717, 1.165) is 50.9 Å². The van der Waals surface area contributed by atoms with Crippen molar-refractivity contribution in [2.45, 2.75) is 56.7 Å². The number of nitriles is 1. The van der Waals surface area contributed by atoms with E-state index in [1.165, 1.54) is 12.8 Å². The van der Waals surface area contributed by atoms with Gasteiger partial charge >= 0.3 is 0 Å². The first-order chi connectivity index (χ1) is 12.3. The van der Waals surface area contributed by atoms with E-state index in [9.17, 15) is 5.11 Å². The lowest BCUT2D eigenvalue weighted by atomic mass is 9.89. The van der Waals surface area contributed by atoms with E-state index < -0.39 is 0 Å². The SMILES string of the molecule is N#Cc1ccc(/C=C/CNC2CCN(C3CCCCC3O)CC2)cc1. The van der Waals surface area contributed by atoms with Crippen LogP contribution in [0.4, 0.5) is 0 Å². The minimum atomic E-state index is -0.117. The summed E-state index contributed by atoms with van der Waals surface area (Å²) in [6.07, 6.45) is 11.0. The summed E-state index contributed by atoms with van der Waals surface area (Å²) >= 11 is 0. The van der Waals surface area contributed by atoms with E-state index in [2.05, 4.69) is 28.4 Å². The highest BCUT2D eigenvalue weighted by molar-refractivity contribution is 5.51. The van der Waals surface area contributed by atoms with E-state index in [1.807, 2.05) is 24.3 Å². The molecule has 2 atom stereocenters. The van der Waals surface area contributed by atoms with Crippen LogP contribution in [0, 0.1) is 11.3 Å². The zero-order chi connectivity index (χ0) is 17.5. The van der Waals surface area contributed by atoms with Gasteiger partial charge in [0.1, 0.15) is 0 Å². The molecule has 2 unspecified atom stereocenters. The number of benzene rings is 1. The summed E-state index contributed by atoms with van der Waals surface area (Å²) in [4.78, 5) is 2.51. The molecule has 2 N–H and O–H groups in total. The minimum Gasteiger partial charge on any atom is -0.391 e. The molecule has 4 nitrogen and oxygen atoms in total. The molecule has 2 aliphatic rings. The number of aliphatic hydroxyl groups is 1. The van der Waals surface area contributed by atoms with Crippen molar-refractivity contribution in [3.05, 3.63) is 41.5 Å². The lowest BCUT2D eigenvalue weighted by Crippen LogP contribution is -2.51. The molecule has 134 valence electrons. The maximum Gasteiger partial charge on any atom is 0.0991 e. The molecule has 2 fully saturated rings. The molecule has 1 aromatic rings. The number of aliphatic hydroxyl groups excluding tert-OH is 1. The third kappa shape index (κ3) is 5.15. The molecule has 1 heterocycles. The Labute approximate surface area is 151 Å². The molecule has 1 aliphatic carbocycles. The maximum atomic E-state index is 10.2. The summed E-state index contributed by atoms with van der Waals surface area (Å²) in [7, 11) is 0. The van der Waals surface area contributed by atoms with Crippen molar-refractivity contribution in [1.29, 1.82) is 5.26 Å². The first-order valence-corrected chi connectivity index (χ1v) is 9.58. The normalized spacial score (nSPS) is 25.9. The van der Waals surface area contributed by atoms with E-state index in [4.69, 9.17) is 5.26 Å². The van der Waals surface area contributed by atoms with Gasteiger partial charge in [-0.1, -0.05) is 37.1 Å². The third-order valence-corrected chi connectivity index (χ3v) is 5.57. The molecule has 0 radical (unpaired) electrons. The van der Waals surface area contributed by atoms with Crippen LogP contribution in [0.2, 0.25) is 0 Å². The Morgan fingerprint density at radius 3 is 2.52 bits per heavy atom. The lowest BCUT2D eigenvalue weighted by molar-refractivity contribution is 0.00741. The standard InChI is InChI=1S/C21H29N3O/c22-16-18-9-7-17(8-10-18)4-3-13-23-19-11-14-24(15-12-19)20-5-1-2-6-21(20)25/h3-4,7-10,19-21,23,25H,1-2,5-6,11-15H2/b4-3+. The lowest BCUT2D eigenvalue weighted by Gasteiger charge is -2.41. The van der Waals surface area contributed by atoms with Crippen LogP contribution < -0.4 is 5.32 Å². The van der Waals surface area contributed by atoms with Crippen LogP contribution in [0.25, 0.3) is 6.08 Å². The number of piperidine rings is 1. The Bertz CT molecular complexity index is 597. The summed E-state index contributed by atoms with van der Waals surface area (Å²) in [5.74, 6) is 0. The Morgan fingerprint density at radius 1 is 1.12 bits per heavy atom. The summed E-state index contributed by atoms with van der Waals surface area (Å²) in [6, 6.07) is 10.8. The zero-order valence-corrected chi connectivity index (χ0v) is 14.9.